The molecule has 0 atom stereocenters. The Labute approximate surface area is 213 Å². The van der Waals surface area contributed by atoms with Crippen LogP contribution in [0.3, 0.4) is 0 Å². The molecule has 0 aromatic heterocycles. The lowest BCUT2D eigenvalue weighted by molar-refractivity contribution is -0.137. The predicted octanol–water partition coefficient (Wildman–Crippen LogP) is 4.92. The topological polar surface area (TPSA) is 79.6 Å². The molecular weight excluding hydrogens is 518 g/mol. The molecular formula is C24H21F4N3O3S2. The standard InChI is InChI=1S/C24H21F4N3O3S2/c1-23(2)21(32)30(15-4-3-14(13-29)18(11-15)24(26,27)28)22(35)31(23)16-5-6-20(19(25)12-16)34-17-7-9-36(33)10-8-17/h3-6,11-12,17H,7-10H2,1-2H3. The molecule has 6 nitrogen and oxygen atoms in total. The Hall–Kier alpha value is -2.88. The molecule has 0 saturated carbocycles. The molecule has 0 unspecified atom stereocenters. The van der Waals surface area contributed by atoms with Crippen LogP contribution in [-0.4, -0.2) is 38.7 Å². The molecule has 0 bridgehead atoms. The molecule has 0 aliphatic carbocycles. The van der Waals surface area contributed by atoms with Gasteiger partial charge in [-0.25, -0.2) is 4.39 Å². The van der Waals surface area contributed by atoms with Gasteiger partial charge in [0.05, 0.1) is 22.9 Å². The van der Waals surface area contributed by atoms with Gasteiger partial charge in [0.15, 0.2) is 16.7 Å². The number of ether oxygens (including phenoxy) is 1. The maximum atomic E-state index is 15.0. The number of nitriles is 1. The second-order valence-electron chi connectivity index (χ2n) is 8.94. The van der Waals surface area contributed by atoms with Gasteiger partial charge >= 0.3 is 6.18 Å². The number of carbonyl (C=O) groups excluding carboxylic acids is 1. The van der Waals surface area contributed by atoms with E-state index in [4.69, 9.17) is 22.2 Å². The number of halogens is 4. The monoisotopic (exact) mass is 539 g/mol. The van der Waals surface area contributed by atoms with Crippen LogP contribution in [-0.2, 0) is 22.1 Å². The summed E-state index contributed by atoms with van der Waals surface area (Å²) >= 11 is 4.59. The lowest BCUT2D eigenvalue weighted by atomic mass is 10.0. The molecule has 2 fully saturated rings. The maximum Gasteiger partial charge on any atom is 0.417 e. The van der Waals surface area contributed by atoms with Gasteiger partial charge in [-0.3, -0.25) is 9.69 Å². The third kappa shape index (κ3) is 4.75. The van der Waals surface area contributed by atoms with Crippen LogP contribution in [0.1, 0.15) is 37.8 Å². The summed E-state index contributed by atoms with van der Waals surface area (Å²) in [5, 5.41) is 8.92. The van der Waals surface area contributed by atoms with E-state index >= 15 is 0 Å². The highest BCUT2D eigenvalue weighted by atomic mass is 32.2. The van der Waals surface area contributed by atoms with Crippen molar-refractivity contribution >= 4 is 45.8 Å². The SMILES string of the molecule is CC1(C)C(=O)N(c2ccc(C#N)c(C(F)(F)F)c2)C(=S)N1c1ccc(OC2CC[S+]([O-])CC2)c(F)c1. The van der Waals surface area contributed by atoms with E-state index in [-0.39, 0.29) is 28.3 Å². The van der Waals surface area contributed by atoms with Gasteiger partial charge in [0.2, 0.25) is 0 Å². The van der Waals surface area contributed by atoms with E-state index < -0.39 is 45.7 Å². The number of hydrogen-bond donors (Lipinski definition) is 0. The fourth-order valence-electron chi connectivity index (χ4n) is 4.25. The Morgan fingerprint density at radius 2 is 1.81 bits per heavy atom. The van der Waals surface area contributed by atoms with Gasteiger partial charge in [-0.05, 0) is 56.4 Å². The van der Waals surface area contributed by atoms with Gasteiger partial charge < -0.3 is 14.2 Å². The van der Waals surface area contributed by atoms with E-state index in [1.54, 1.807) is 0 Å². The molecule has 190 valence electrons. The average Bonchev–Trinajstić information content (AvgIpc) is 2.99. The highest BCUT2D eigenvalue weighted by Crippen LogP contribution is 2.40. The minimum Gasteiger partial charge on any atom is -0.616 e. The van der Waals surface area contributed by atoms with Gasteiger partial charge in [0.1, 0.15) is 23.1 Å². The van der Waals surface area contributed by atoms with Crippen LogP contribution in [0.2, 0.25) is 0 Å². The zero-order chi connectivity index (χ0) is 26.4. The minimum absolute atomic E-state index is 0.00412. The first-order valence-corrected chi connectivity index (χ1v) is 12.9. The van der Waals surface area contributed by atoms with Crippen molar-refractivity contribution in [2.24, 2.45) is 0 Å². The highest BCUT2D eigenvalue weighted by Gasteiger charge is 2.51. The first kappa shape index (κ1) is 26.2. The Bertz CT molecular complexity index is 1250. The third-order valence-electron chi connectivity index (χ3n) is 6.16. The second-order valence-corrected chi connectivity index (χ2v) is 11.0. The van der Waals surface area contributed by atoms with E-state index in [1.165, 1.54) is 43.0 Å². The van der Waals surface area contributed by atoms with E-state index in [9.17, 15) is 26.9 Å². The summed E-state index contributed by atoms with van der Waals surface area (Å²) in [5.74, 6) is -0.319. The molecule has 36 heavy (non-hydrogen) atoms. The summed E-state index contributed by atoms with van der Waals surface area (Å²) in [6.45, 7) is 3.06. The first-order valence-electron chi connectivity index (χ1n) is 11.0. The Morgan fingerprint density at radius 3 is 2.39 bits per heavy atom. The number of carbonyl (C=O) groups is 1. The molecule has 0 N–H and O–H groups in total. The molecule has 2 aromatic carbocycles. The van der Waals surface area contributed by atoms with E-state index in [0.29, 0.717) is 30.4 Å². The summed E-state index contributed by atoms with van der Waals surface area (Å²) in [6, 6.07) is 8.48. The van der Waals surface area contributed by atoms with E-state index in [0.717, 1.165) is 17.0 Å². The summed E-state index contributed by atoms with van der Waals surface area (Å²) < 4.78 is 72.7. The second kappa shape index (κ2) is 9.53. The number of nitrogens with zero attached hydrogens (tertiary/aromatic N) is 3. The maximum absolute atomic E-state index is 15.0. The number of anilines is 2. The lowest BCUT2D eigenvalue weighted by Gasteiger charge is -2.30. The zero-order valence-corrected chi connectivity index (χ0v) is 20.9. The van der Waals surface area contributed by atoms with Crippen molar-refractivity contribution in [3.05, 3.63) is 53.3 Å². The number of thiocarbonyl (C=S) groups is 1. The molecule has 2 aliphatic heterocycles. The first-order chi connectivity index (χ1) is 16.8. The Kier molecular flexibility index (Phi) is 6.94. The van der Waals surface area contributed by atoms with Crippen LogP contribution in [0.4, 0.5) is 28.9 Å². The number of benzene rings is 2. The molecule has 12 heteroatoms. The van der Waals surface area contributed by atoms with Crippen LogP contribution in [0, 0.1) is 17.1 Å². The largest absolute Gasteiger partial charge is 0.616 e. The third-order valence-corrected chi connectivity index (χ3v) is 7.90. The molecule has 4 rings (SSSR count). The average molecular weight is 540 g/mol. The Balaban J connectivity index is 1.65. The zero-order valence-electron chi connectivity index (χ0n) is 19.3. The molecule has 2 heterocycles. The fraction of sp³-hybridized carbons (Fsp3) is 0.375. The predicted molar refractivity (Wildman–Crippen MR) is 131 cm³/mol. The van der Waals surface area contributed by atoms with Crippen molar-refractivity contribution in [2.75, 3.05) is 21.3 Å². The van der Waals surface area contributed by atoms with Gasteiger partial charge in [-0.15, -0.1) is 0 Å². The molecule has 1 amide bonds. The van der Waals surface area contributed by atoms with Gasteiger partial charge in [0, 0.05) is 24.6 Å². The molecule has 0 radical (unpaired) electrons. The summed E-state index contributed by atoms with van der Waals surface area (Å²) in [7, 11) is 0. The van der Waals surface area contributed by atoms with Gasteiger partial charge in [-0.1, -0.05) is 11.2 Å². The quantitative estimate of drug-likeness (QED) is 0.312. The molecule has 2 aliphatic rings. The number of rotatable bonds is 4. The van der Waals surface area contributed by atoms with Gasteiger partial charge in [-0.2, -0.15) is 18.4 Å². The van der Waals surface area contributed by atoms with Crippen LogP contribution < -0.4 is 14.5 Å². The Morgan fingerprint density at radius 1 is 1.17 bits per heavy atom. The normalized spacial score (nSPS) is 22.1. The molecule has 0 spiro atoms. The fourth-order valence-corrected chi connectivity index (χ4v) is 6.03. The lowest BCUT2D eigenvalue weighted by Crippen LogP contribution is -2.44. The van der Waals surface area contributed by atoms with Gasteiger partial charge in [0.25, 0.3) is 5.91 Å². The van der Waals surface area contributed by atoms with Crippen molar-refractivity contribution in [3.8, 4) is 11.8 Å². The number of amides is 1. The van der Waals surface area contributed by atoms with Crippen molar-refractivity contribution < 1.29 is 31.6 Å². The summed E-state index contributed by atoms with van der Waals surface area (Å²) in [5.41, 5.74) is -3.04. The van der Waals surface area contributed by atoms with Crippen molar-refractivity contribution in [1.82, 2.24) is 0 Å². The highest BCUT2D eigenvalue weighted by molar-refractivity contribution is 7.91. The van der Waals surface area contributed by atoms with Crippen LogP contribution in [0.25, 0.3) is 0 Å². The van der Waals surface area contributed by atoms with Crippen molar-refractivity contribution in [3.63, 3.8) is 0 Å². The molecule has 2 aromatic rings. The van der Waals surface area contributed by atoms with Crippen LogP contribution >= 0.6 is 12.2 Å². The van der Waals surface area contributed by atoms with Crippen LogP contribution in [0.5, 0.6) is 5.75 Å². The summed E-state index contributed by atoms with van der Waals surface area (Å²) in [4.78, 5) is 15.6. The summed E-state index contributed by atoms with van der Waals surface area (Å²) in [6.07, 6.45) is -3.98. The smallest absolute Gasteiger partial charge is 0.417 e. The number of alkyl halides is 3. The molecule has 2 saturated heterocycles. The number of hydrogen-bond acceptors (Lipinski definition) is 5. The van der Waals surface area contributed by atoms with Crippen molar-refractivity contribution in [1.29, 1.82) is 5.26 Å². The minimum atomic E-state index is -4.81. The van der Waals surface area contributed by atoms with E-state index in [1.807, 2.05) is 0 Å². The van der Waals surface area contributed by atoms with E-state index in [2.05, 4.69) is 0 Å². The van der Waals surface area contributed by atoms with Crippen LogP contribution in [0.15, 0.2) is 36.4 Å². The van der Waals surface area contributed by atoms with Crippen molar-refractivity contribution in [2.45, 2.75) is 44.5 Å².